The Morgan fingerprint density at radius 2 is 1.77 bits per heavy atom. The van der Waals surface area contributed by atoms with Crippen LogP contribution in [-0.2, 0) is 6.42 Å². The van der Waals surface area contributed by atoms with Crippen LogP contribution in [0.4, 0.5) is 0 Å². The fourth-order valence-corrected chi connectivity index (χ4v) is 3.00. The van der Waals surface area contributed by atoms with Gasteiger partial charge in [0.25, 0.3) is 0 Å². The van der Waals surface area contributed by atoms with Crippen LogP contribution in [-0.4, -0.2) is 11.5 Å². The number of benzene rings is 2. The highest BCUT2D eigenvalue weighted by molar-refractivity contribution is 7.99. The lowest BCUT2D eigenvalue weighted by molar-refractivity contribution is 0.104. The van der Waals surface area contributed by atoms with Gasteiger partial charge in [0.05, 0.1) is 0 Å². The molecule has 0 aromatic heterocycles. The number of carbonyl (C=O) groups excluding carboxylic acids is 1. The maximum atomic E-state index is 12.3. The minimum atomic E-state index is 0.0550. The summed E-state index contributed by atoms with van der Waals surface area (Å²) in [6, 6.07) is 16.1. The van der Waals surface area contributed by atoms with Crippen molar-refractivity contribution in [2.75, 3.05) is 5.75 Å². The van der Waals surface area contributed by atoms with E-state index in [1.54, 1.807) is 17.8 Å². The third-order valence-electron chi connectivity index (χ3n) is 3.44. The number of hydrogen-bond donors (Lipinski definition) is 0. The number of allylic oxidation sites excluding steroid dienone is 1. The first-order chi connectivity index (χ1) is 10.7. The zero-order valence-electron chi connectivity index (χ0n) is 13.2. The third kappa shape index (κ3) is 4.60. The van der Waals surface area contributed by atoms with Gasteiger partial charge in [-0.1, -0.05) is 50.6 Å². The van der Waals surface area contributed by atoms with Crippen molar-refractivity contribution >= 4 is 23.6 Å². The summed E-state index contributed by atoms with van der Waals surface area (Å²) in [5, 5.41) is 0. The van der Waals surface area contributed by atoms with Gasteiger partial charge in [-0.25, -0.2) is 0 Å². The highest BCUT2D eigenvalue weighted by atomic mass is 32.2. The van der Waals surface area contributed by atoms with Crippen LogP contribution in [0.5, 0.6) is 0 Å². The number of hydrogen-bond acceptors (Lipinski definition) is 2. The molecule has 0 atom stereocenters. The number of carbonyl (C=O) groups is 1. The lowest BCUT2D eigenvalue weighted by Crippen LogP contribution is -1.94. The number of rotatable bonds is 7. The zero-order valence-corrected chi connectivity index (χ0v) is 14.0. The summed E-state index contributed by atoms with van der Waals surface area (Å²) in [5.41, 5.74) is 3.17. The molecule has 0 N–H and O–H groups in total. The molecule has 22 heavy (non-hydrogen) atoms. The SMILES string of the molecule is CCCc1ccccc1C=CC(=O)c1ccc(SCC)cc1. The molecule has 0 saturated heterocycles. The minimum Gasteiger partial charge on any atom is -0.289 e. The van der Waals surface area contributed by atoms with Crippen molar-refractivity contribution in [2.45, 2.75) is 31.6 Å². The predicted molar refractivity (Wildman–Crippen MR) is 96.6 cm³/mol. The molecule has 0 saturated carbocycles. The summed E-state index contributed by atoms with van der Waals surface area (Å²) >= 11 is 1.78. The molecule has 0 bridgehead atoms. The quantitative estimate of drug-likeness (QED) is 0.373. The van der Waals surface area contributed by atoms with E-state index in [2.05, 4.69) is 26.0 Å². The summed E-state index contributed by atoms with van der Waals surface area (Å²) in [4.78, 5) is 13.5. The van der Waals surface area contributed by atoms with E-state index in [-0.39, 0.29) is 5.78 Å². The highest BCUT2D eigenvalue weighted by Gasteiger charge is 2.03. The zero-order chi connectivity index (χ0) is 15.8. The van der Waals surface area contributed by atoms with E-state index in [1.807, 2.05) is 42.5 Å². The molecule has 0 radical (unpaired) electrons. The summed E-state index contributed by atoms with van der Waals surface area (Å²) in [5.74, 6) is 1.10. The van der Waals surface area contributed by atoms with Gasteiger partial charge in [-0.05, 0) is 53.6 Å². The average molecular weight is 310 g/mol. The lowest BCUT2D eigenvalue weighted by atomic mass is 10.0. The molecule has 2 aromatic rings. The second-order valence-corrected chi connectivity index (χ2v) is 6.44. The van der Waals surface area contributed by atoms with Crippen molar-refractivity contribution in [2.24, 2.45) is 0 Å². The molecule has 0 amide bonds. The van der Waals surface area contributed by atoms with E-state index in [4.69, 9.17) is 0 Å². The van der Waals surface area contributed by atoms with Crippen molar-refractivity contribution in [3.05, 3.63) is 71.3 Å². The molecule has 0 spiro atoms. The first-order valence-electron chi connectivity index (χ1n) is 7.77. The van der Waals surface area contributed by atoms with Gasteiger partial charge in [0, 0.05) is 10.5 Å². The van der Waals surface area contributed by atoms with Gasteiger partial charge in [0.1, 0.15) is 0 Å². The molecule has 0 aliphatic heterocycles. The lowest BCUT2D eigenvalue weighted by Gasteiger charge is -2.04. The normalized spacial score (nSPS) is 11.0. The van der Waals surface area contributed by atoms with E-state index in [0.29, 0.717) is 0 Å². The van der Waals surface area contributed by atoms with E-state index in [0.717, 1.165) is 29.7 Å². The Hall–Kier alpha value is -1.80. The van der Waals surface area contributed by atoms with Crippen molar-refractivity contribution in [1.29, 1.82) is 0 Å². The van der Waals surface area contributed by atoms with Gasteiger partial charge < -0.3 is 0 Å². The number of aryl methyl sites for hydroxylation is 1. The molecule has 114 valence electrons. The summed E-state index contributed by atoms with van der Waals surface area (Å²) < 4.78 is 0. The molecular formula is C20H22OS. The Morgan fingerprint density at radius 1 is 1.05 bits per heavy atom. The van der Waals surface area contributed by atoms with Gasteiger partial charge in [-0.2, -0.15) is 0 Å². The maximum Gasteiger partial charge on any atom is 0.185 e. The summed E-state index contributed by atoms with van der Waals surface area (Å²) in [6.07, 6.45) is 5.76. The molecule has 0 unspecified atom stereocenters. The fourth-order valence-electron chi connectivity index (χ4n) is 2.34. The summed E-state index contributed by atoms with van der Waals surface area (Å²) in [6.45, 7) is 4.29. The largest absolute Gasteiger partial charge is 0.289 e. The van der Waals surface area contributed by atoms with Crippen LogP contribution in [0, 0.1) is 0 Å². The van der Waals surface area contributed by atoms with Crippen LogP contribution in [0.15, 0.2) is 59.5 Å². The summed E-state index contributed by atoms with van der Waals surface area (Å²) in [7, 11) is 0. The fraction of sp³-hybridized carbons (Fsp3) is 0.250. The van der Waals surface area contributed by atoms with Crippen molar-refractivity contribution in [1.82, 2.24) is 0 Å². The van der Waals surface area contributed by atoms with Crippen LogP contribution in [0.25, 0.3) is 6.08 Å². The van der Waals surface area contributed by atoms with Gasteiger partial charge >= 0.3 is 0 Å². The third-order valence-corrected chi connectivity index (χ3v) is 4.33. The van der Waals surface area contributed by atoms with E-state index in [9.17, 15) is 4.79 Å². The van der Waals surface area contributed by atoms with Crippen LogP contribution in [0.1, 0.15) is 41.8 Å². The van der Waals surface area contributed by atoms with E-state index < -0.39 is 0 Å². The molecule has 2 heteroatoms. The first kappa shape index (κ1) is 16.6. The molecule has 2 aromatic carbocycles. The molecule has 0 aliphatic rings. The van der Waals surface area contributed by atoms with Crippen LogP contribution in [0.3, 0.4) is 0 Å². The second kappa shape index (κ2) is 8.60. The average Bonchev–Trinajstić information content (AvgIpc) is 2.55. The Bertz CT molecular complexity index is 641. The molecule has 2 rings (SSSR count). The number of thioether (sulfide) groups is 1. The standard InChI is InChI=1S/C20H22OS/c1-3-7-16-8-5-6-9-17(16)12-15-20(21)18-10-13-19(14-11-18)22-4-2/h5-6,8-15H,3-4,7H2,1-2H3. The highest BCUT2D eigenvalue weighted by Crippen LogP contribution is 2.18. The molecule has 0 heterocycles. The Kier molecular flexibility index (Phi) is 6.47. The smallest absolute Gasteiger partial charge is 0.185 e. The molecule has 0 fully saturated rings. The van der Waals surface area contributed by atoms with E-state index in [1.165, 1.54) is 10.5 Å². The van der Waals surface area contributed by atoms with Crippen molar-refractivity contribution < 1.29 is 4.79 Å². The Labute approximate surface area is 137 Å². The van der Waals surface area contributed by atoms with Gasteiger partial charge in [-0.3, -0.25) is 4.79 Å². The predicted octanol–water partition coefficient (Wildman–Crippen LogP) is 5.65. The Balaban J connectivity index is 2.11. The van der Waals surface area contributed by atoms with Crippen LogP contribution < -0.4 is 0 Å². The molecule has 1 nitrogen and oxygen atoms in total. The first-order valence-corrected chi connectivity index (χ1v) is 8.76. The monoisotopic (exact) mass is 310 g/mol. The van der Waals surface area contributed by atoms with Gasteiger partial charge in [0.15, 0.2) is 5.78 Å². The van der Waals surface area contributed by atoms with Gasteiger partial charge in [0.2, 0.25) is 0 Å². The maximum absolute atomic E-state index is 12.3. The molecule has 0 aliphatic carbocycles. The van der Waals surface area contributed by atoms with E-state index >= 15 is 0 Å². The van der Waals surface area contributed by atoms with Crippen molar-refractivity contribution in [3.8, 4) is 0 Å². The topological polar surface area (TPSA) is 17.1 Å². The van der Waals surface area contributed by atoms with Crippen molar-refractivity contribution in [3.63, 3.8) is 0 Å². The van der Waals surface area contributed by atoms with Crippen LogP contribution >= 0.6 is 11.8 Å². The second-order valence-electron chi connectivity index (χ2n) is 5.10. The number of ketones is 1. The minimum absolute atomic E-state index is 0.0550. The molecular weight excluding hydrogens is 288 g/mol. The van der Waals surface area contributed by atoms with Crippen LogP contribution in [0.2, 0.25) is 0 Å². The Morgan fingerprint density at radius 3 is 2.45 bits per heavy atom. The van der Waals surface area contributed by atoms with Gasteiger partial charge in [-0.15, -0.1) is 11.8 Å².